The molecule has 6 heteroatoms. The Morgan fingerprint density at radius 1 is 1.17 bits per heavy atom. The van der Waals surface area contributed by atoms with Crippen LogP contribution in [0.1, 0.15) is 11.8 Å². The fraction of sp³-hybridized carbons (Fsp3) is 0.176. The molecule has 0 radical (unpaired) electrons. The largest absolute Gasteiger partial charge is 0.494 e. The van der Waals surface area contributed by atoms with Crippen molar-refractivity contribution in [2.45, 2.75) is 6.92 Å². The van der Waals surface area contributed by atoms with Crippen LogP contribution >= 0.6 is 11.3 Å². The van der Waals surface area contributed by atoms with Crippen LogP contribution in [-0.2, 0) is 9.59 Å². The average Bonchev–Trinajstić information content (AvgIpc) is 3.13. The van der Waals surface area contributed by atoms with Crippen molar-refractivity contribution in [2.75, 3.05) is 19.0 Å². The van der Waals surface area contributed by atoms with Crippen LogP contribution in [0.25, 0.3) is 5.57 Å². The third-order valence-corrected chi connectivity index (χ3v) is 4.36. The molecule has 2 heterocycles. The van der Waals surface area contributed by atoms with E-state index < -0.39 is 0 Å². The molecule has 0 saturated heterocycles. The summed E-state index contributed by atoms with van der Waals surface area (Å²) in [5.74, 6) is 0.0852. The predicted molar refractivity (Wildman–Crippen MR) is 90.2 cm³/mol. The summed E-state index contributed by atoms with van der Waals surface area (Å²) in [5.41, 5.74) is 1.42. The first kappa shape index (κ1) is 15.3. The van der Waals surface area contributed by atoms with E-state index in [0.29, 0.717) is 29.3 Å². The Morgan fingerprint density at radius 3 is 2.70 bits per heavy atom. The molecule has 0 saturated carbocycles. The maximum Gasteiger partial charge on any atom is 0.277 e. The summed E-state index contributed by atoms with van der Waals surface area (Å²) in [5, 5.41) is 4.96. The average molecular weight is 328 g/mol. The monoisotopic (exact) mass is 328 g/mol. The van der Waals surface area contributed by atoms with Crippen LogP contribution in [0.5, 0.6) is 5.75 Å². The fourth-order valence-electron chi connectivity index (χ4n) is 2.38. The number of ether oxygens (including phenoxy) is 1. The van der Waals surface area contributed by atoms with Crippen LogP contribution in [0.15, 0.2) is 47.5 Å². The van der Waals surface area contributed by atoms with Gasteiger partial charge < -0.3 is 10.1 Å². The molecule has 0 bridgehead atoms. The van der Waals surface area contributed by atoms with Gasteiger partial charge in [0.1, 0.15) is 11.4 Å². The number of carbonyl (C=O) groups is 2. The number of nitrogens with zero attached hydrogens (tertiary/aromatic N) is 1. The quantitative estimate of drug-likeness (QED) is 0.857. The number of likely N-dealkylation sites (N-methyl/N-ethyl adjacent to an activating group) is 1. The van der Waals surface area contributed by atoms with Gasteiger partial charge in [-0.3, -0.25) is 14.5 Å². The number of thiophene rings is 1. The molecule has 5 nitrogen and oxygen atoms in total. The molecular formula is C17H16N2O3S. The summed E-state index contributed by atoms with van der Waals surface area (Å²) in [7, 11) is 1.49. The van der Waals surface area contributed by atoms with E-state index in [1.165, 1.54) is 18.4 Å². The van der Waals surface area contributed by atoms with Crippen LogP contribution < -0.4 is 10.1 Å². The van der Waals surface area contributed by atoms with E-state index in [1.54, 1.807) is 6.07 Å². The molecule has 0 spiro atoms. The zero-order chi connectivity index (χ0) is 16.4. The summed E-state index contributed by atoms with van der Waals surface area (Å²) < 4.78 is 5.46. The van der Waals surface area contributed by atoms with Crippen LogP contribution in [0.2, 0.25) is 0 Å². The summed E-state index contributed by atoms with van der Waals surface area (Å²) in [6.07, 6.45) is 0. The summed E-state index contributed by atoms with van der Waals surface area (Å²) in [6, 6.07) is 11.0. The Balaban J connectivity index is 1.99. The Morgan fingerprint density at radius 2 is 2.00 bits per heavy atom. The van der Waals surface area contributed by atoms with E-state index >= 15 is 0 Å². The van der Waals surface area contributed by atoms with Gasteiger partial charge in [0.2, 0.25) is 0 Å². The lowest BCUT2D eigenvalue weighted by Gasteiger charge is -2.10. The normalized spacial score (nSPS) is 14.6. The molecule has 118 valence electrons. The minimum atomic E-state index is -0.333. The van der Waals surface area contributed by atoms with Gasteiger partial charge in [0.25, 0.3) is 11.8 Å². The van der Waals surface area contributed by atoms with Crippen molar-refractivity contribution in [3.63, 3.8) is 0 Å². The Bertz CT molecular complexity index is 781. The number of nitrogens with one attached hydrogen (secondary N) is 1. The number of rotatable bonds is 5. The lowest BCUT2D eigenvalue weighted by Crippen LogP contribution is -2.27. The van der Waals surface area contributed by atoms with Crippen LogP contribution in [-0.4, -0.2) is 30.4 Å². The van der Waals surface area contributed by atoms with E-state index in [9.17, 15) is 9.59 Å². The molecule has 1 aliphatic rings. The van der Waals surface area contributed by atoms with E-state index in [2.05, 4.69) is 5.32 Å². The molecular weight excluding hydrogens is 312 g/mol. The van der Waals surface area contributed by atoms with Crippen molar-refractivity contribution < 1.29 is 14.3 Å². The number of benzene rings is 1. The second kappa shape index (κ2) is 6.26. The van der Waals surface area contributed by atoms with Crippen LogP contribution in [0.3, 0.4) is 0 Å². The highest BCUT2D eigenvalue weighted by Crippen LogP contribution is 2.32. The smallest absolute Gasteiger partial charge is 0.277 e. The number of anilines is 1. The maximum absolute atomic E-state index is 12.4. The second-order valence-corrected chi connectivity index (χ2v) is 5.93. The number of hydrogen-bond acceptors (Lipinski definition) is 5. The molecule has 3 rings (SSSR count). The van der Waals surface area contributed by atoms with Crippen LogP contribution in [0, 0.1) is 0 Å². The first-order valence-electron chi connectivity index (χ1n) is 7.22. The molecule has 0 fully saturated rings. The molecule has 0 aliphatic carbocycles. The molecule has 0 atom stereocenters. The van der Waals surface area contributed by atoms with Crippen molar-refractivity contribution in [1.82, 2.24) is 4.90 Å². The SMILES string of the molecule is CCOc1cccc(NC2=C(c3cccs3)C(=O)N(C)C2=O)c1. The third-order valence-electron chi connectivity index (χ3n) is 3.47. The second-order valence-electron chi connectivity index (χ2n) is 4.98. The van der Waals surface area contributed by atoms with E-state index in [-0.39, 0.29) is 11.8 Å². The highest BCUT2D eigenvalue weighted by Gasteiger charge is 2.37. The maximum atomic E-state index is 12.4. The van der Waals surface area contributed by atoms with Gasteiger partial charge in [0.05, 0.1) is 12.2 Å². The molecule has 23 heavy (non-hydrogen) atoms. The van der Waals surface area contributed by atoms with Gasteiger partial charge in [-0.05, 0) is 30.5 Å². The Hall–Kier alpha value is -2.60. The zero-order valence-corrected chi connectivity index (χ0v) is 13.6. The van der Waals surface area contributed by atoms with Crippen molar-refractivity contribution in [3.05, 3.63) is 52.4 Å². The van der Waals surface area contributed by atoms with Crippen molar-refractivity contribution >= 4 is 34.4 Å². The van der Waals surface area contributed by atoms with Gasteiger partial charge in [-0.25, -0.2) is 0 Å². The lowest BCUT2D eigenvalue weighted by atomic mass is 10.2. The van der Waals surface area contributed by atoms with Gasteiger partial charge in [-0.15, -0.1) is 11.3 Å². The Labute approximate surface area is 138 Å². The minimum Gasteiger partial charge on any atom is -0.494 e. The van der Waals surface area contributed by atoms with Crippen molar-refractivity contribution in [2.24, 2.45) is 0 Å². The molecule has 1 aromatic carbocycles. The summed E-state index contributed by atoms with van der Waals surface area (Å²) in [4.78, 5) is 26.7. The highest BCUT2D eigenvalue weighted by molar-refractivity contribution is 7.11. The molecule has 2 amide bonds. The highest BCUT2D eigenvalue weighted by atomic mass is 32.1. The molecule has 0 unspecified atom stereocenters. The van der Waals surface area contributed by atoms with E-state index in [0.717, 1.165) is 9.78 Å². The molecule has 1 N–H and O–H groups in total. The summed E-state index contributed by atoms with van der Waals surface area (Å²) >= 11 is 1.43. The lowest BCUT2D eigenvalue weighted by molar-refractivity contribution is -0.135. The zero-order valence-electron chi connectivity index (χ0n) is 12.8. The van der Waals surface area contributed by atoms with Gasteiger partial charge in [-0.2, -0.15) is 0 Å². The minimum absolute atomic E-state index is 0.291. The Kier molecular flexibility index (Phi) is 4.16. The molecule has 1 aliphatic heterocycles. The van der Waals surface area contributed by atoms with Gasteiger partial charge in [0, 0.05) is 23.7 Å². The number of hydrogen-bond donors (Lipinski definition) is 1. The number of imide groups is 1. The van der Waals surface area contributed by atoms with Gasteiger partial charge >= 0.3 is 0 Å². The summed E-state index contributed by atoms with van der Waals surface area (Å²) in [6.45, 7) is 2.47. The van der Waals surface area contributed by atoms with E-state index in [4.69, 9.17) is 4.74 Å². The molecule has 1 aromatic heterocycles. The standard InChI is InChI=1S/C17H16N2O3S/c1-3-22-12-7-4-6-11(10-12)18-15-14(13-8-5-9-23-13)16(20)19(2)17(15)21/h4-10,18H,3H2,1-2H3. The molecule has 2 aromatic rings. The van der Waals surface area contributed by atoms with Gasteiger partial charge in [-0.1, -0.05) is 12.1 Å². The number of carbonyl (C=O) groups excluding carboxylic acids is 2. The van der Waals surface area contributed by atoms with Crippen molar-refractivity contribution in [3.8, 4) is 5.75 Å². The predicted octanol–water partition coefficient (Wildman–Crippen LogP) is 2.97. The van der Waals surface area contributed by atoms with Crippen LogP contribution in [0.4, 0.5) is 5.69 Å². The van der Waals surface area contributed by atoms with E-state index in [1.807, 2.05) is 42.6 Å². The number of amides is 2. The van der Waals surface area contributed by atoms with Gasteiger partial charge in [0.15, 0.2) is 0 Å². The fourth-order valence-corrected chi connectivity index (χ4v) is 3.15. The van der Waals surface area contributed by atoms with Crippen molar-refractivity contribution in [1.29, 1.82) is 0 Å². The topological polar surface area (TPSA) is 58.6 Å². The third kappa shape index (κ3) is 2.85. The first-order valence-corrected chi connectivity index (χ1v) is 8.10. The first-order chi connectivity index (χ1) is 11.1.